The normalized spacial score (nSPS) is 10.8. The van der Waals surface area contributed by atoms with Crippen LogP contribution < -0.4 is 4.74 Å². The molecule has 0 atom stereocenters. The zero-order valence-electron chi connectivity index (χ0n) is 10.2. The average molecular weight is 275 g/mol. The van der Waals surface area contributed by atoms with Crippen molar-refractivity contribution in [2.45, 2.75) is 13.5 Å². The van der Waals surface area contributed by atoms with E-state index in [0.717, 1.165) is 11.3 Å². The highest BCUT2D eigenvalue weighted by Crippen LogP contribution is 2.15. The highest BCUT2D eigenvalue weighted by molar-refractivity contribution is 6.29. The van der Waals surface area contributed by atoms with Crippen molar-refractivity contribution in [3.8, 4) is 5.75 Å². The first-order valence-corrected chi connectivity index (χ1v) is 6.14. The van der Waals surface area contributed by atoms with Gasteiger partial charge in [0.1, 0.15) is 18.0 Å². The van der Waals surface area contributed by atoms with Crippen LogP contribution in [0.2, 0.25) is 5.15 Å². The number of halogens is 1. The average Bonchev–Trinajstić information content (AvgIpc) is 2.78. The molecule has 3 aromatic rings. The molecule has 0 amide bonds. The predicted octanol–water partition coefficient (Wildman–Crippen LogP) is 2.67. The molecule has 3 heterocycles. The predicted molar refractivity (Wildman–Crippen MR) is 71.3 cm³/mol. The number of aromatic nitrogens is 4. The second kappa shape index (κ2) is 4.85. The lowest BCUT2D eigenvalue weighted by Gasteiger charge is -2.02. The van der Waals surface area contributed by atoms with Crippen molar-refractivity contribution < 1.29 is 4.74 Å². The second-order valence-corrected chi connectivity index (χ2v) is 4.59. The number of rotatable bonds is 3. The third-order valence-electron chi connectivity index (χ3n) is 2.64. The van der Waals surface area contributed by atoms with Gasteiger partial charge in [-0.1, -0.05) is 17.7 Å². The lowest BCUT2D eigenvalue weighted by molar-refractivity contribution is 0.300. The molecule has 0 aromatic carbocycles. The van der Waals surface area contributed by atoms with Crippen molar-refractivity contribution in [3.05, 3.63) is 53.2 Å². The van der Waals surface area contributed by atoms with Crippen LogP contribution in [0.25, 0.3) is 5.65 Å². The van der Waals surface area contributed by atoms with Crippen molar-refractivity contribution in [3.63, 3.8) is 0 Å². The maximum atomic E-state index is 5.73. The third-order valence-corrected chi connectivity index (χ3v) is 2.82. The number of hydrogen-bond acceptors (Lipinski definition) is 4. The van der Waals surface area contributed by atoms with E-state index in [1.165, 1.54) is 11.8 Å². The maximum absolute atomic E-state index is 5.73. The Hall–Kier alpha value is -2.14. The van der Waals surface area contributed by atoms with Gasteiger partial charge in [0, 0.05) is 18.5 Å². The largest absolute Gasteiger partial charge is 0.485 e. The summed E-state index contributed by atoms with van der Waals surface area (Å²) in [6, 6.07) is 5.62. The zero-order chi connectivity index (χ0) is 13.2. The molecule has 0 radical (unpaired) electrons. The highest BCUT2D eigenvalue weighted by Gasteiger charge is 2.03. The Morgan fingerprint density at radius 3 is 3.05 bits per heavy atom. The summed E-state index contributed by atoms with van der Waals surface area (Å²) in [5.41, 5.74) is 2.93. The Morgan fingerprint density at radius 2 is 2.21 bits per heavy atom. The summed E-state index contributed by atoms with van der Waals surface area (Å²) in [4.78, 5) is 4.46. The van der Waals surface area contributed by atoms with Crippen LogP contribution in [0.4, 0.5) is 0 Å². The third kappa shape index (κ3) is 2.66. The Morgan fingerprint density at radius 1 is 1.32 bits per heavy atom. The van der Waals surface area contributed by atoms with E-state index in [1.807, 2.05) is 35.9 Å². The van der Waals surface area contributed by atoms with E-state index in [1.54, 1.807) is 6.07 Å². The number of imidazole rings is 1. The molecule has 0 aliphatic heterocycles. The molecule has 0 saturated heterocycles. The lowest BCUT2D eigenvalue weighted by Crippen LogP contribution is -1.96. The molecule has 0 saturated carbocycles. The van der Waals surface area contributed by atoms with Crippen LogP contribution >= 0.6 is 11.6 Å². The van der Waals surface area contributed by atoms with Crippen molar-refractivity contribution in [1.29, 1.82) is 0 Å². The fourth-order valence-corrected chi connectivity index (χ4v) is 1.94. The van der Waals surface area contributed by atoms with E-state index in [2.05, 4.69) is 15.2 Å². The van der Waals surface area contributed by atoms with Gasteiger partial charge in [-0.2, -0.15) is 5.10 Å². The van der Waals surface area contributed by atoms with E-state index in [4.69, 9.17) is 16.3 Å². The quantitative estimate of drug-likeness (QED) is 0.737. The monoisotopic (exact) mass is 274 g/mol. The molecule has 0 unspecified atom stereocenters. The molecular weight excluding hydrogens is 264 g/mol. The molecule has 3 rings (SSSR count). The minimum atomic E-state index is 0.308. The van der Waals surface area contributed by atoms with E-state index in [-0.39, 0.29) is 0 Å². The standard InChI is InChI=1S/C13H11ClN4O/c1-9-2-3-13-16-10(7-18(13)6-9)8-19-11-4-12(14)17-15-5-11/h2-7H,8H2,1H3. The first-order valence-electron chi connectivity index (χ1n) is 5.76. The number of pyridine rings is 1. The number of fused-ring (bicyclic) bond motifs is 1. The van der Waals surface area contributed by atoms with Crippen LogP contribution in [-0.4, -0.2) is 19.6 Å². The van der Waals surface area contributed by atoms with Gasteiger partial charge < -0.3 is 9.14 Å². The van der Waals surface area contributed by atoms with Crippen molar-refractivity contribution in [1.82, 2.24) is 19.6 Å². The molecule has 6 heteroatoms. The fourth-order valence-electron chi connectivity index (χ4n) is 1.79. The zero-order valence-corrected chi connectivity index (χ0v) is 11.0. The molecule has 0 bridgehead atoms. The summed E-state index contributed by atoms with van der Waals surface area (Å²) in [6.45, 7) is 2.41. The molecule has 96 valence electrons. The molecule has 0 N–H and O–H groups in total. The summed E-state index contributed by atoms with van der Waals surface area (Å²) >= 11 is 5.73. The Kier molecular flexibility index (Phi) is 3.05. The molecule has 0 spiro atoms. The van der Waals surface area contributed by atoms with Gasteiger partial charge in [-0.25, -0.2) is 4.98 Å². The van der Waals surface area contributed by atoms with E-state index in [9.17, 15) is 0 Å². The number of aryl methyl sites for hydroxylation is 1. The summed E-state index contributed by atoms with van der Waals surface area (Å²) < 4.78 is 7.55. The van der Waals surface area contributed by atoms with Crippen LogP contribution in [-0.2, 0) is 6.61 Å². The molecular formula is C13H11ClN4O. The topological polar surface area (TPSA) is 52.3 Å². The number of nitrogens with zero attached hydrogens (tertiary/aromatic N) is 4. The van der Waals surface area contributed by atoms with Gasteiger partial charge in [-0.3, -0.25) is 0 Å². The molecule has 3 aromatic heterocycles. The van der Waals surface area contributed by atoms with Crippen molar-refractivity contribution >= 4 is 17.2 Å². The van der Waals surface area contributed by atoms with E-state index in [0.29, 0.717) is 17.5 Å². The van der Waals surface area contributed by atoms with E-state index >= 15 is 0 Å². The SMILES string of the molecule is Cc1ccc2nc(COc3cnnc(Cl)c3)cn2c1. The summed E-state index contributed by atoms with van der Waals surface area (Å²) in [5, 5.41) is 7.68. The van der Waals surface area contributed by atoms with Crippen LogP contribution in [0, 0.1) is 6.92 Å². The van der Waals surface area contributed by atoms with Gasteiger partial charge in [0.05, 0.1) is 11.9 Å². The summed E-state index contributed by atoms with van der Waals surface area (Å²) in [5.74, 6) is 0.577. The van der Waals surface area contributed by atoms with Crippen LogP contribution in [0.1, 0.15) is 11.3 Å². The Bertz CT molecular complexity index is 725. The molecule has 0 aliphatic rings. The molecule has 0 fully saturated rings. The van der Waals surface area contributed by atoms with Gasteiger partial charge in [-0.15, -0.1) is 5.10 Å². The summed E-state index contributed by atoms with van der Waals surface area (Å²) in [6.07, 6.45) is 5.49. The van der Waals surface area contributed by atoms with Crippen LogP contribution in [0.5, 0.6) is 5.75 Å². The number of hydrogen-bond donors (Lipinski definition) is 0. The van der Waals surface area contributed by atoms with Crippen molar-refractivity contribution in [2.75, 3.05) is 0 Å². The van der Waals surface area contributed by atoms with Gasteiger partial charge >= 0.3 is 0 Å². The van der Waals surface area contributed by atoms with Crippen LogP contribution in [0.3, 0.4) is 0 Å². The van der Waals surface area contributed by atoms with Gasteiger partial charge in [0.25, 0.3) is 0 Å². The number of ether oxygens (including phenoxy) is 1. The maximum Gasteiger partial charge on any atom is 0.155 e. The molecule has 0 aliphatic carbocycles. The van der Waals surface area contributed by atoms with Crippen LogP contribution in [0.15, 0.2) is 36.8 Å². The first kappa shape index (κ1) is 11.9. The Labute approximate surface area is 114 Å². The lowest BCUT2D eigenvalue weighted by atomic mass is 10.3. The fraction of sp³-hybridized carbons (Fsp3) is 0.154. The minimum Gasteiger partial charge on any atom is -0.485 e. The smallest absolute Gasteiger partial charge is 0.155 e. The first-order chi connectivity index (χ1) is 9.20. The van der Waals surface area contributed by atoms with E-state index < -0.39 is 0 Å². The molecule has 5 nitrogen and oxygen atoms in total. The molecule has 19 heavy (non-hydrogen) atoms. The Balaban J connectivity index is 1.78. The van der Waals surface area contributed by atoms with Gasteiger partial charge in [0.15, 0.2) is 5.15 Å². The van der Waals surface area contributed by atoms with Gasteiger partial charge in [-0.05, 0) is 18.6 Å². The second-order valence-electron chi connectivity index (χ2n) is 4.21. The highest BCUT2D eigenvalue weighted by atomic mass is 35.5. The van der Waals surface area contributed by atoms with Gasteiger partial charge in [0.2, 0.25) is 0 Å². The minimum absolute atomic E-state index is 0.308. The summed E-state index contributed by atoms with van der Waals surface area (Å²) in [7, 11) is 0. The van der Waals surface area contributed by atoms with Crippen molar-refractivity contribution in [2.24, 2.45) is 0 Å².